The van der Waals surface area contributed by atoms with E-state index in [1.807, 2.05) is 11.3 Å². The molecule has 0 spiro atoms. The first-order valence-electron chi connectivity index (χ1n) is 13.3. The molecular formula is C36H22N2S. The third-order valence-corrected chi connectivity index (χ3v) is 9.36. The minimum atomic E-state index is 1.19. The fourth-order valence-corrected chi connectivity index (χ4v) is 7.92. The van der Waals surface area contributed by atoms with Gasteiger partial charge in [0, 0.05) is 53.1 Å². The minimum absolute atomic E-state index is 1.19. The van der Waals surface area contributed by atoms with Crippen molar-refractivity contribution in [3.05, 3.63) is 133 Å². The van der Waals surface area contributed by atoms with Gasteiger partial charge in [0.25, 0.3) is 0 Å². The van der Waals surface area contributed by atoms with Gasteiger partial charge in [-0.3, -0.25) is 0 Å². The van der Waals surface area contributed by atoms with Gasteiger partial charge in [-0.25, -0.2) is 0 Å². The second-order valence-electron chi connectivity index (χ2n) is 10.2. The second kappa shape index (κ2) is 7.83. The highest BCUT2D eigenvalue weighted by Crippen LogP contribution is 2.47. The molecule has 3 aromatic heterocycles. The van der Waals surface area contributed by atoms with Gasteiger partial charge >= 0.3 is 0 Å². The van der Waals surface area contributed by atoms with Crippen LogP contribution in [0.15, 0.2) is 133 Å². The number of hydrogen-bond donors (Lipinski definition) is 0. The SMILES string of the molecule is c1ccc(-n2c3ccccc3c3c4sc5c(ccc6c5c5ccccc5n6-c5ccccc5)c4ccc32)cc1. The molecule has 2 nitrogen and oxygen atoms in total. The summed E-state index contributed by atoms with van der Waals surface area (Å²) in [5.41, 5.74) is 7.38. The maximum Gasteiger partial charge on any atom is 0.0555 e. The van der Waals surface area contributed by atoms with Crippen molar-refractivity contribution in [2.75, 3.05) is 0 Å². The van der Waals surface area contributed by atoms with E-state index in [1.165, 1.54) is 75.2 Å². The summed E-state index contributed by atoms with van der Waals surface area (Å²) in [5.74, 6) is 0. The van der Waals surface area contributed by atoms with Crippen LogP contribution in [0.1, 0.15) is 0 Å². The molecule has 0 saturated carbocycles. The zero-order valence-corrected chi connectivity index (χ0v) is 21.8. The maximum atomic E-state index is 2.41. The van der Waals surface area contributed by atoms with Crippen LogP contribution in [-0.4, -0.2) is 9.13 Å². The highest BCUT2D eigenvalue weighted by molar-refractivity contribution is 7.27. The number of benzene rings is 6. The van der Waals surface area contributed by atoms with E-state index in [2.05, 4.69) is 143 Å². The number of thiophene rings is 1. The first-order valence-corrected chi connectivity index (χ1v) is 14.1. The molecule has 9 aromatic rings. The molecule has 0 fully saturated rings. The van der Waals surface area contributed by atoms with Crippen LogP contribution >= 0.6 is 11.3 Å². The van der Waals surface area contributed by atoms with Crippen LogP contribution < -0.4 is 0 Å². The van der Waals surface area contributed by atoms with E-state index in [-0.39, 0.29) is 0 Å². The average molecular weight is 515 g/mol. The average Bonchev–Trinajstić information content (AvgIpc) is 3.65. The molecule has 0 unspecified atom stereocenters. The van der Waals surface area contributed by atoms with Crippen molar-refractivity contribution in [2.45, 2.75) is 0 Å². The van der Waals surface area contributed by atoms with Gasteiger partial charge in [0.15, 0.2) is 0 Å². The van der Waals surface area contributed by atoms with E-state index in [1.54, 1.807) is 0 Å². The molecule has 39 heavy (non-hydrogen) atoms. The van der Waals surface area contributed by atoms with Crippen LogP contribution in [0.5, 0.6) is 0 Å². The topological polar surface area (TPSA) is 9.86 Å². The monoisotopic (exact) mass is 514 g/mol. The largest absolute Gasteiger partial charge is 0.309 e. The van der Waals surface area contributed by atoms with E-state index < -0.39 is 0 Å². The molecule has 0 saturated heterocycles. The van der Waals surface area contributed by atoms with E-state index in [0.29, 0.717) is 0 Å². The lowest BCUT2D eigenvalue weighted by Crippen LogP contribution is -1.92. The second-order valence-corrected chi connectivity index (χ2v) is 11.2. The number of nitrogens with zero attached hydrogens (tertiary/aromatic N) is 2. The van der Waals surface area contributed by atoms with Crippen molar-refractivity contribution in [2.24, 2.45) is 0 Å². The lowest BCUT2D eigenvalue weighted by Gasteiger charge is -2.07. The van der Waals surface area contributed by atoms with Crippen molar-refractivity contribution in [3.8, 4) is 11.4 Å². The summed E-state index contributed by atoms with van der Waals surface area (Å²) in [7, 11) is 0. The van der Waals surface area contributed by atoms with Crippen molar-refractivity contribution < 1.29 is 0 Å². The third kappa shape index (κ3) is 2.80. The fourth-order valence-electron chi connectivity index (χ4n) is 6.51. The Hall–Kier alpha value is -4.86. The molecule has 0 N–H and O–H groups in total. The normalized spacial score (nSPS) is 12.1. The Bertz CT molecular complexity index is 2200. The van der Waals surface area contributed by atoms with Gasteiger partial charge in [-0.05, 0) is 48.5 Å². The van der Waals surface area contributed by atoms with Crippen LogP contribution in [0, 0.1) is 0 Å². The molecule has 9 rings (SSSR count). The Labute approximate surface area is 228 Å². The highest BCUT2D eigenvalue weighted by Gasteiger charge is 2.20. The van der Waals surface area contributed by atoms with Gasteiger partial charge in [0.1, 0.15) is 0 Å². The third-order valence-electron chi connectivity index (χ3n) is 8.10. The predicted octanol–water partition coefficient (Wildman–Crippen LogP) is 10.2. The standard InChI is InChI=1S/C36H22N2S/c1-3-11-23(12-4-1)37-29-17-9-7-15-27(29)33-31(37)21-19-25-26-20-22-32-34(36(26)39-35(25)33)28-16-8-10-18-30(28)38(32)24-13-5-2-6-14-24/h1-22H. The van der Waals surface area contributed by atoms with E-state index in [4.69, 9.17) is 0 Å². The molecule has 182 valence electrons. The van der Waals surface area contributed by atoms with Crippen molar-refractivity contribution >= 4 is 75.1 Å². The molecular weight excluding hydrogens is 492 g/mol. The molecule has 3 heterocycles. The van der Waals surface area contributed by atoms with Gasteiger partial charge < -0.3 is 9.13 Å². The molecule has 0 aliphatic rings. The predicted molar refractivity (Wildman–Crippen MR) is 168 cm³/mol. The van der Waals surface area contributed by atoms with Crippen LogP contribution in [0.2, 0.25) is 0 Å². The van der Waals surface area contributed by atoms with Crippen LogP contribution in [0.3, 0.4) is 0 Å². The summed E-state index contributed by atoms with van der Waals surface area (Å²) in [4.78, 5) is 0. The first-order chi connectivity index (χ1) is 19.4. The smallest absolute Gasteiger partial charge is 0.0555 e. The van der Waals surface area contributed by atoms with Crippen molar-refractivity contribution in [1.82, 2.24) is 9.13 Å². The maximum absolute atomic E-state index is 2.41. The Balaban J connectivity index is 1.47. The summed E-state index contributed by atoms with van der Waals surface area (Å²) in [6.07, 6.45) is 0. The Morgan fingerprint density at radius 3 is 1.21 bits per heavy atom. The van der Waals surface area contributed by atoms with E-state index in [0.717, 1.165) is 0 Å². The summed E-state index contributed by atoms with van der Waals surface area (Å²) < 4.78 is 7.53. The lowest BCUT2D eigenvalue weighted by molar-refractivity contribution is 1.18. The number of rotatable bonds is 2. The van der Waals surface area contributed by atoms with Crippen molar-refractivity contribution in [3.63, 3.8) is 0 Å². The molecule has 0 radical (unpaired) electrons. The Morgan fingerprint density at radius 2 is 0.744 bits per heavy atom. The van der Waals surface area contributed by atoms with Gasteiger partial charge in [-0.2, -0.15) is 0 Å². The van der Waals surface area contributed by atoms with Crippen LogP contribution in [-0.2, 0) is 0 Å². The number of aromatic nitrogens is 2. The molecule has 0 aliphatic heterocycles. The molecule has 0 bridgehead atoms. The summed E-state index contributed by atoms with van der Waals surface area (Å²) in [6, 6.07) is 48.4. The van der Waals surface area contributed by atoms with Crippen LogP contribution in [0.4, 0.5) is 0 Å². The summed E-state index contributed by atoms with van der Waals surface area (Å²) in [6.45, 7) is 0. The molecule has 0 aliphatic carbocycles. The molecule has 6 aromatic carbocycles. The fraction of sp³-hybridized carbons (Fsp3) is 0. The van der Waals surface area contributed by atoms with E-state index >= 15 is 0 Å². The zero-order valence-electron chi connectivity index (χ0n) is 21.0. The van der Waals surface area contributed by atoms with Crippen molar-refractivity contribution in [1.29, 1.82) is 0 Å². The number of fused-ring (bicyclic) bond motifs is 11. The highest BCUT2D eigenvalue weighted by atomic mass is 32.1. The van der Waals surface area contributed by atoms with Gasteiger partial charge in [-0.1, -0.05) is 84.9 Å². The quantitative estimate of drug-likeness (QED) is 0.217. The summed E-state index contributed by atoms with van der Waals surface area (Å²) in [5, 5.41) is 7.95. The van der Waals surface area contributed by atoms with E-state index in [9.17, 15) is 0 Å². The van der Waals surface area contributed by atoms with Gasteiger partial charge in [0.2, 0.25) is 0 Å². The molecule has 3 heteroatoms. The minimum Gasteiger partial charge on any atom is -0.309 e. The molecule has 0 atom stereocenters. The summed E-state index contributed by atoms with van der Waals surface area (Å²) >= 11 is 1.94. The van der Waals surface area contributed by atoms with Gasteiger partial charge in [0.05, 0.1) is 22.1 Å². The molecule has 0 amide bonds. The van der Waals surface area contributed by atoms with Crippen LogP contribution in [0.25, 0.3) is 75.2 Å². The number of hydrogen-bond acceptors (Lipinski definition) is 1. The Kier molecular flexibility index (Phi) is 4.24. The zero-order chi connectivity index (χ0) is 25.5. The number of para-hydroxylation sites is 4. The Morgan fingerprint density at radius 1 is 0.333 bits per heavy atom. The first kappa shape index (κ1) is 21.1. The lowest BCUT2D eigenvalue weighted by atomic mass is 10.1. The van der Waals surface area contributed by atoms with Gasteiger partial charge in [-0.15, -0.1) is 11.3 Å².